The molecule has 9 heteroatoms. The molecule has 202 valence electrons. The van der Waals surface area contributed by atoms with E-state index in [1.54, 1.807) is 36.4 Å². The smallest absolute Gasteiger partial charge is 0.338 e. The van der Waals surface area contributed by atoms with E-state index in [1.807, 2.05) is 32.2 Å². The molecule has 0 aliphatic carbocycles. The van der Waals surface area contributed by atoms with Crippen LogP contribution in [0.2, 0.25) is 0 Å². The number of anilines is 1. The molecule has 0 saturated carbocycles. The van der Waals surface area contributed by atoms with Crippen LogP contribution in [0.4, 0.5) is 5.69 Å². The molecule has 1 aliphatic rings. The number of carboxylic acid groups (broad SMARTS) is 1. The third-order valence-corrected chi connectivity index (χ3v) is 6.39. The molecule has 1 aromatic heterocycles. The molecule has 1 atom stereocenters. The molecule has 1 fully saturated rings. The molecule has 4 rings (SSSR count). The van der Waals surface area contributed by atoms with Crippen LogP contribution in [0.25, 0.3) is 0 Å². The number of nitrogens with one attached hydrogen (secondary N) is 1. The Kier molecular flexibility index (Phi) is 8.81. The quantitative estimate of drug-likeness (QED) is 0.324. The molecule has 38 heavy (non-hydrogen) atoms. The van der Waals surface area contributed by atoms with Crippen molar-refractivity contribution in [1.29, 1.82) is 0 Å². The van der Waals surface area contributed by atoms with Crippen molar-refractivity contribution >= 4 is 17.6 Å². The zero-order chi connectivity index (χ0) is 27.1. The van der Waals surface area contributed by atoms with E-state index in [-0.39, 0.29) is 18.3 Å². The number of carboxylic acids is 1. The maximum atomic E-state index is 12.5. The van der Waals surface area contributed by atoms with Gasteiger partial charge < -0.3 is 29.2 Å². The van der Waals surface area contributed by atoms with Crippen molar-refractivity contribution in [3.05, 3.63) is 82.9 Å². The Hall–Kier alpha value is -3.69. The molecule has 2 aromatic carbocycles. The first kappa shape index (κ1) is 27.3. The third kappa shape index (κ3) is 6.99. The van der Waals surface area contributed by atoms with Crippen LogP contribution in [-0.2, 0) is 33.7 Å². The standard InChI is InChI=1S/C29H35N3O6/c1-4-5-10-26-31-16-22(15-30-25-9-7-6-8-24(25)27(33)34)32(26)17-20-11-13-21(14-12-20)28(35)36-18-23-19-37-29(2,3)38-23/h6-9,11-14,16,23,30H,4-5,10,15,17-19H2,1-3H3,(H,33,34). The Balaban J connectivity index is 1.42. The van der Waals surface area contributed by atoms with Crippen molar-refractivity contribution in [3.63, 3.8) is 0 Å². The monoisotopic (exact) mass is 521 g/mol. The number of unbranched alkanes of at least 4 members (excludes halogenated alkanes) is 1. The fourth-order valence-corrected chi connectivity index (χ4v) is 4.36. The van der Waals surface area contributed by atoms with Gasteiger partial charge in [-0.3, -0.25) is 0 Å². The normalized spacial score (nSPS) is 16.3. The van der Waals surface area contributed by atoms with Crippen molar-refractivity contribution in [2.24, 2.45) is 0 Å². The van der Waals surface area contributed by atoms with Gasteiger partial charge >= 0.3 is 11.9 Å². The van der Waals surface area contributed by atoms with E-state index in [0.717, 1.165) is 36.3 Å². The largest absolute Gasteiger partial charge is 0.478 e. The number of aromatic carboxylic acids is 1. The summed E-state index contributed by atoms with van der Waals surface area (Å²) >= 11 is 0. The van der Waals surface area contributed by atoms with Crippen LogP contribution in [0.3, 0.4) is 0 Å². The van der Waals surface area contributed by atoms with Crippen molar-refractivity contribution in [2.45, 2.75) is 65.0 Å². The van der Waals surface area contributed by atoms with Crippen LogP contribution in [0.5, 0.6) is 0 Å². The summed E-state index contributed by atoms with van der Waals surface area (Å²) in [6.45, 7) is 7.34. The van der Waals surface area contributed by atoms with Crippen LogP contribution in [0, 0.1) is 0 Å². The summed E-state index contributed by atoms with van der Waals surface area (Å²) in [5.74, 6) is -1.06. The van der Waals surface area contributed by atoms with E-state index in [4.69, 9.17) is 14.2 Å². The van der Waals surface area contributed by atoms with Gasteiger partial charge in [-0.15, -0.1) is 0 Å². The molecule has 1 unspecified atom stereocenters. The first-order valence-corrected chi connectivity index (χ1v) is 12.9. The molecule has 0 bridgehead atoms. The topological polar surface area (TPSA) is 112 Å². The lowest BCUT2D eigenvalue weighted by Gasteiger charge is -2.17. The Morgan fingerprint density at radius 3 is 2.63 bits per heavy atom. The third-order valence-electron chi connectivity index (χ3n) is 6.39. The predicted octanol–water partition coefficient (Wildman–Crippen LogP) is 4.89. The second kappa shape index (κ2) is 12.2. The second-order valence-corrected chi connectivity index (χ2v) is 9.81. The van der Waals surface area contributed by atoms with Gasteiger partial charge in [0.15, 0.2) is 5.79 Å². The lowest BCUT2D eigenvalue weighted by atomic mass is 10.1. The van der Waals surface area contributed by atoms with Crippen molar-refractivity contribution < 1.29 is 28.9 Å². The van der Waals surface area contributed by atoms with Gasteiger partial charge in [-0.1, -0.05) is 37.6 Å². The van der Waals surface area contributed by atoms with Crippen LogP contribution in [0.1, 0.15) is 71.4 Å². The summed E-state index contributed by atoms with van der Waals surface area (Å²) < 4.78 is 18.8. The number of imidazole rings is 1. The number of para-hydroxylation sites is 1. The molecule has 1 saturated heterocycles. The summed E-state index contributed by atoms with van der Waals surface area (Å²) in [5, 5.41) is 12.7. The number of carbonyl (C=O) groups is 2. The molecule has 2 N–H and O–H groups in total. The van der Waals surface area contributed by atoms with E-state index in [0.29, 0.717) is 30.9 Å². The number of hydrogen-bond donors (Lipinski definition) is 2. The fraction of sp³-hybridized carbons (Fsp3) is 0.414. The van der Waals surface area contributed by atoms with Crippen LogP contribution in [-0.4, -0.2) is 51.7 Å². The van der Waals surface area contributed by atoms with Gasteiger partial charge in [0.2, 0.25) is 0 Å². The first-order valence-electron chi connectivity index (χ1n) is 12.9. The minimum absolute atomic E-state index is 0.140. The van der Waals surface area contributed by atoms with Gasteiger partial charge in [-0.2, -0.15) is 0 Å². The zero-order valence-corrected chi connectivity index (χ0v) is 22.1. The summed E-state index contributed by atoms with van der Waals surface area (Å²) in [5.41, 5.74) is 3.21. The summed E-state index contributed by atoms with van der Waals surface area (Å²) in [6, 6.07) is 14.2. The summed E-state index contributed by atoms with van der Waals surface area (Å²) in [6.07, 6.45) is 4.48. The maximum absolute atomic E-state index is 12.5. The highest BCUT2D eigenvalue weighted by Crippen LogP contribution is 2.23. The van der Waals surface area contributed by atoms with Crippen LogP contribution in [0.15, 0.2) is 54.7 Å². The molecule has 1 aliphatic heterocycles. The highest BCUT2D eigenvalue weighted by molar-refractivity contribution is 5.94. The number of aryl methyl sites for hydroxylation is 1. The minimum atomic E-state index is -0.975. The average Bonchev–Trinajstić information content (AvgIpc) is 3.46. The molecule has 0 amide bonds. The molecule has 3 aromatic rings. The Morgan fingerprint density at radius 2 is 1.95 bits per heavy atom. The van der Waals surface area contributed by atoms with E-state index < -0.39 is 17.7 Å². The number of rotatable bonds is 12. The van der Waals surface area contributed by atoms with Gasteiger partial charge in [0.25, 0.3) is 0 Å². The molecule has 0 radical (unpaired) electrons. The lowest BCUT2D eigenvalue weighted by molar-refractivity contribution is -0.142. The zero-order valence-electron chi connectivity index (χ0n) is 22.1. The van der Waals surface area contributed by atoms with Crippen molar-refractivity contribution in [2.75, 3.05) is 18.5 Å². The summed E-state index contributed by atoms with van der Waals surface area (Å²) in [4.78, 5) is 28.7. The lowest BCUT2D eigenvalue weighted by Crippen LogP contribution is -2.25. The maximum Gasteiger partial charge on any atom is 0.338 e. The highest BCUT2D eigenvalue weighted by atomic mass is 16.7. The molecular weight excluding hydrogens is 486 g/mol. The van der Waals surface area contributed by atoms with Crippen molar-refractivity contribution in [1.82, 2.24) is 9.55 Å². The number of carbonyl (C=O) groups excluding carboxylic acids is 1. The molecule has 9 nitrogen and oxygen atoms in total. The molecule has 2 heterocycles. The number of nitrogens with zero attached hydrogens (tertiary/aromatic N) is 2. The van der Waals surface area contributed by atoms with Gasteiger partial charge in [0.1, 0.15) is 18.5 Å². The van der Waals surface area contributed by atoms with E-state index in [1.165, 1.54) is 0 Å². The molecule has 0 spiro atoms. The summed E-state index contributed by atoms with van der Waals surface area (Å²) in [7, 11) is 0. The minimum Gasteiger partial charge on any atom is -0.478 e. The Morgan fingerprint density at radius 1 is 1.18 bits per heavy atom. The average molecular weight is 522 g/mol. The van der Waals surface area contributed by atoms with Gasteiger partial charge in [0, 0.05) is 18.7 Å². The Bertz CT molecular complexity index is 1250. The number of esters is 1. The Labute approximate surface area is 222 Å². The van der Waals surface area contributed by atoms with Gasteiger partial charge in [0.05, 0.1) is 36.2 Å². The SMILES string of the molecule is CCCCc1ncc(CNc2ccccc2C(=O)O)n1Cc1ccc(C(=O)OCC2COC(C)(C)O2)cc1. The van der Waals surface area contributed by atoms with E-state index in [9.17, 15) is 14.7 Å². The van der Waals surface area contributed by atoms with E-state index in [2.05, 4.69) is 21.8 Å². The fourth-order valence-electron chi connectivity index (χ4n) is 4.36. The van der Waals surface area contributed by atoms with Gasteiger partial charge in [-0.05, 0) is 50.1 Å². The van der Waals surface area contributed by atoms with Crippen molar-refractivity contribution in [3.8, 4) is 0 Å². The van der Waals surface area contributed by atoms with Gasteiger partial charge in [-0.25, -0.2) is 14.6 Å². The predicted molar refractivity (Wildman–Crippen MR) is 142 cm³/mol. The number of aromatic nitrogens is 2. The number of ether oxygens (including phenoxy) is 3. The number of hydrogen-bond acceptors (Lipinski definition) is 7. The van der Waals surface area contributed by atoms with E-state index >= 15 is 0 Å². The van der Waals surface area contributed by atoms with Crippen LogP contribution >= 0.6 is 0 Å². The van der Waals surface area contributed by atoms with Crippen LogP contribution < -0.4 is 5.32 Å². The first-order chi connectivity index (χ1) is 18.3. The highest BCUT2D eigenvalue weighted by Gasteiger charge is 2.33. The number of benzene rings is 2. The second-order valence-electron chi connectivity index (χ2n) is 9.81. The molecular formula is C29H35N3O6.